The zero-order valence-electron chi connectivity index (χ0n) is 12.5. The van der Waals surface area contributed by atoms with E-state index < -0.39 is 0 Å². The maximum absolute atomic E-state index is 5.74. The SMILES string of the molecule is COCCNCc1ncc(-c2cccc(OC)c2OC)o1. The number of nitrogens with zero attached hydrogens (tertiary/aromatic N) is 1. The highest BCUT2D eigenvalue weighted by Crippen LogP contribution is 2.37. The van der Waals surface area contributed by atoms with Gasteiger partial charge in [0.05, 0.1) is 39.1 Å². The minimum Gasteiger partial charge on any atom is -0.493 e. The Morgan fingerprint density at radius 2 is 2.05 bits per heavy atom. The topological polar surface area (TPSA) is 65.8 Å². The Morgan fingerprint density at radius 3 is 2.76 bits per heavy atom. The Labute approximate surface area is 124 Å². The molecule has 1 heterocycles. The van der Waals surface area contributed by atoms with Gasteiger partial charge in [-0.2, -0.15) is 0 Å². The molecule has 0 aliphatic heterocycles. The summed E-state index contributed by atoms with van der Waals surface area (Å²) in [5.74, 6) is 2.56. The Bertz CT molecular complexity index is 569. The number of hydrogen-bond acceptors (Lipinski definition) is 6. The van der Waals surface area contributed by atoms with Gasteiger partial charge in [-0.15, -0.1) is 0 Å². The van der Waals surface area contributed by atoms with Crippen LogP contribution in [-0.2, 0) is 11.3 Å². The zero-order chi connectivity index (χ0) is 15.1. The minimum atomic E-state index is 0.551. The van der Waals surface area contributed by atoms with Gasteiger partial charge >= 0.3 is 0 Å². The first-order valence-electron chi connectivity index (χ1n) is 6.66. The molecule has 0 fully saturated rings. The van der Waals surface area contributed by atoms with E-state index >= 15 is 0 Å². The quantitative estimate of drug-likeness (QED) is 0.752. The summed E-state index contributed by atoms with van der Waals surface area (Å²) >= 11 is 0. The van der Waals surface area contributed by atoms with Crippen LogP contribution >= 0.6 is 0 Å². The van der Waals surface area contributed by atoms with Crippen molar-refractivity contribution in [1.29, 1.82) is 0 Å². The third-order valence-electron chi connectivity index (χ3n) is 2.98. The predicted molar refractivity (Wildman–Crippen MR) is 78.6 cm³/mol. The number of rotatable bonds is 8. The molecular weight excluding hydrogens is 272 g/mol. The molecule has 2 rings (SSSR count). The van der Waals surface area contributed by atoms with Crippen molar-refractivity contribution in [2.75, 3.05) is 34.5 Å². The minimum absolute atomic E-state index is 0.551. The number of methoxy groups -OCH3 is 3. The lowest BCUT2D eigenvalue weighted by Crippen LogP contribution is -2.18. The van der Waals surface area contributed by atoms with Gasteiger partial charge in [-0.1, -0.05) is 6.07 Å². The molecule has 6 heteroatoms. The molecule has 0 bridgehead atoms. The Hall–Kier alpha value is -2.05. The van der Waals surface area contributed by atoms with E-state index in [1.807, 2.05) is 18.2 Å². The molecule has 6 nitrogen and oxygen atoms in total. The van der Waals surface area contributed by atoms with E-state index in [-0.39, 0.29) is 0 Å². The van der Waals surface area contributed by atoms with Crippen LogP contribution in [0.15, 0.2) is 28.8 Å². The molecule has 0 spiro atoms. The normalized spacial score (nSPS) is 10.6. The summed E-state index contributed by atoms with van der Waals surface area (Å²) in [5.41, 5.74) is 0.812. The maximum Gasteiger partial charge on any atom is 0.208 e. The monoisotopic (exact) mass is 292 g/mol. The summed E-state index contributed by atoms with van der Waals surface area (Å²) in [4.78, 5) is 4.25. The Kier molecular flexibility index (Phi) is 5.59. The van der Waals surface area contributed by atoms with Crippen LogP contribution in [0.1, 0.15) is 5.89 Å². The molecule has 0 radical (unpaired) electrons. The van der Waals surface area contributed by atoms with E-state index in [9.17, 15) is 0 Å². The van der Waals surface area contributed by atoms with Gasteiger partial charge in [0.2, 0.25) is 5.89 Å². The molecule has 1 N–H and O–H groups in total. The number of ether oxygens (including phenoxy) is 3. The van der Waals surface area contributed by atoms with Crippen LogP contribution in [0.4, 0.5) is 0 Å². The first-order valence-corrected chi connectivity index (χ1v) is 6.66. The van der Waals surface area contributed by atoms with Gasteiger partial charge in [-0.05, 0) is 12.1 Å². The van der Waals surface area contributed by atoms with Crippen molar-refractivity contribution < 1.29 is 18.6 Å². The number of benzene rings is 1. The van der Waals surface area contributed by atoms with E-state index in [2.05, 4.69) is 10.3 Å². The smallest absolute Gasteiger partial charge is 0.208 e. The lowest BCUT2D eigenvalue weighted by molar-refractivity contribution is 0.198. The Balaban J connectivity index is 2.14. The second-order valence-electron chi connectivity index (χ2n) is 4.33. The number of oxazole rings is 1. The van der Waals surface area contributed by atoms with Gasteiger partial charge in [0.15, 0.2) is 17.3 Å². The van der Waals surface area contributed by atoms with Gasteiger partial charge in [0, 0.05) is 13.7 Å². The van der Waals surface area contributed by atoms with Crippen molar-refractivity contribution >= 4 is 0 Å². The average molecular weight is 292 g/mol. The second-order valence-corrected chi connectivity index (χ2v) is 4.33. The van der Waals surface area contributed by atoms with Crippen LogP contribution in [0.3, 0.4) is 0 Å². The fourth-order valence-corrected chi connectivity index (χ4v) is 1.97. The van der Waals surface area contributed by atoms with Crippen LogP contribution in [0.5, 0.6) is 11.5 Å². The van der Waals surface area contributed by atoms with Crippen molar-refractivity contribution in [1.82, 2.24) is 10.3 Å². The van der Waals surface area contributed by atoms with E-state index in [0.717, 1.165) is 12.1 Å². The summed E-state index contributed by atoms with van der Waals surface area (Å²) in [6, 6.07) is 5.63. The number of hydrogen-bond donors (Lipinski definition) is 1. The molecule has 0 amide bonds. The molecule has 0 atom stereocenters. The third-order valence-corrected chi connectivity index (χ3v) is 2.98. The maximum atomic E-state index is 5.74. The third kappa shape index (κ3) is 3.74. The highest BCUT2D eigenvalue weighted by Gasteiger charge is 2.15. The second kappa shape index (κ2) is 7.66. The molecule has 0 unspecified atom stereocenters. The predicted octanol–water partition coefficient (Wildman–Crippen LogP) is 2.09. The van der Waals surface area contributed by atoms with Crippen molar-refractivity contribution in [2.45, 2.75) is 6.54 Å². The van der Waals surface area contributed by atoms with Crippen LogP contribution in [0, 0.1) is 0 Å². The lowest BCUT2D eigenvalue weighted by Gasteiger charge is -2.10. The van der Waals surface area contributed by atoms with Crippen LogP contribution < -0.4 is 14.8 Å². The van der Waals surface area contributed by atoms with Gasteiger partial charge < -0.3 is 23.9 Å². The van der Waals surface area contributed by atoms with Crippen molar-refractivity contribution in [3.63, 3.8) is 0 Å². The summed E-state index contributed by atoms with van der Waals surface area (Å²) in [7, 11) is 4.87. The molecule has 1 aromatic carbocycles. The van der Waals surface area contributed by atoms with Crippen LogP contribution in [-0.4, -0.2) is 39.5 Å². The van der Waals surface area contributed by atoms with Gasteiger partial charge in [-0.3, -0.25) is 0 Å². The van der Waals surface area contributed by atoms with Crippen molar-refractivity contribution in [3.8, 4) is 22.8 Å². The van der Waals surface area contributed by atoms with E-state index in [4.69, 9.17) is 18.6 Å². The highest BCUT2D eigenvalue weighted by molar-refractivity contribution is 5.69. The number of nitrogens with one attached hydrogen (secondary N) is 1. The van der Waals surface area contributed by atoms with Crippen molar-refractivity contribution in [2.24, 2.45) is 0 Å². The summed E-state index contributed by atoms with van der Waals surface area (Å²) in [6.07, 6.45) is 1.69. The summed E-state index contributed by atoms with van der Waals surface area (Å²) in [6.45, 7) is 1.95. The van der Waals surface area contributed by atoms with Gasteiger partial charge in [-0.25, -0.2) is 4.98 Å². The van der Waals surface area contributed by atoms with E-state index in [0.29, 0.717) is 36.3 Å². The van der Waals surface area contributed by atoms with Crippen LogP contribution in [0.25, 0.3) is 11.3 Å². The first-order chi connectivity index (χ1) is 10.3. The molecule has 0 saturated heterocycles. The summed E-state index contributed by atoms with van der Waals surface area (Å²) < 4.78 is 21.4. The molecule has 114 valence electrons. The van der Waals surface area contributed by atoms with Gasteiger partial charge in [0.1, 0.15) is 0 Å². The standard InChI is InChI=1S/C15H20N2O4/c1-18-8-7-16-10-14-17-9-13(21-14)11-5-4-6-12(19-2)15(11)20-3/h4-6,9,16H,7-8,10H2,1-3H3. The van der Waals surface area contributed by atoms with Crippen molar-refractivity contribution in [3.05, 3.63) is 30.3 Å². The Morgan fingerprint density at radius 1 is 1.19 bits per heavy atom. The number of para-hydroxylation sites is 1. The molecule has 2 aromatic rings. The summed E-state index contributed by atoms with van der Waals surface area (Å²) in [5, 5.41) is 3.18. The fraction of sp³-hybridized carbons (Fsp3) is 0.400. The van der Waals surface area contributed by atoms with Gasteiger partial charge in [0.25, 0.3) is 0 Å². The molecule has 0 aliphatic rings. The highest BCUT2D eigenvalue weighted by atomic mass is 16.5. The van der Waals surface area contributed by atoms with E-state index in [1.165, 1.54) is 0 Å². The molecular formula is C15H20N2O4. The largest absolute Gasteiger partial charge is 0.493 e. The molecule has 1 aromatic heterocycles. The lowest BCUT2D eigenvalue weighted by atomic mass is 10.1. The average Bonchev–Trinajstić information content (AvgIpc) is 2.99. The number of aromatic nitrogens is 1. The fourth-order valence-electron chi connectivity index (χ4n) is 1.97. The van der Waals surface area contributed by atoms with E-state index in [1.54, 1.807) is 27.5 Å². The zero-order valence-corrected chi connectivity index (χ0v) is 12.5. The molecule has 0 aliphatic carbocycles. The molecule has 0 saturated carbocycles. The van der Waals surface area contributed by atoms with Crippen LogP contribution in [0.2, 0.25) is 0 Å². The molecule has 21 heavy (non-hydrogen) atoms. The first kappa shape index (κ1) is 15.3.